The van der Waals surface area contributed by atoms with E-state index in [1.54, 1.807) is 24.7 Å². The summed E-state index contributed by atoms with van der Waals surface area (Å²) in [5.74, 6) is -0.468. The molecule has 0 radical (unpaired) electrons. The van der Waals surface area contributed by atoms with Crippen molar-refractivity contribution in [3.05, 3.63) is 54.1 Å². The van der Waals surface area contributed by atoms with Crippen molar-refractivity contribution in [2.75, 3.05) is 5.32 Å². The van der Waals surface area contributed by atoms with Crippen LogP contribution in [0, 0.1) is 0 Å². The first-order valence-electron chi connectivity index (χ1n) is 5.14. The summed E-state index contributed by atoms with van der Waals surface area (Å²) in [4.78, 5) is 19.1. The van der Waals surface area contributed by atoms with Crippen LogP contribution in [0.1, 0.15) is 15.9 Å². The summed E-state index contributed by atoms with van der Waals surface area (Å²) in [7, 11) is 0. The number of rotatable bonds is 4. The van der Waals surface area contributed by atoms with Gasteiger partial charge in [0.1, 0.15) is 0 Å². The highest BCUT2D eigenvalue weighted by Crippen LogP contribution is 2.13. The Morgan fingerprint density at radius 2 is 1.88 bits per heavy atom. The maximum Gasteiger partial charge on any atom is 0.250 e. The van der Waals surface area contributed by atoms with E-state index in [9.17, 15) is 4.79 Å². The van der Waals surface area contributed by atoms with Crippen LogP contribution in [0.5, 0.6) is 0 Å². The second-order valence-electron chi connectivity index (χ2n) is 3.49. The third-order valence-corrected chi connectivity index (χ3v) is 2.32. The van der Waals surface area contributed by atoms with Crippen molar-refractivity contribution in [1.29, 1.82) is 0 Å². The SMILES string of the molecule is NC(=O)c1ccncc1NCc1ccncc1. The summed E-state index contributed by atoms with van der Waals surface area (Å²) >= 11 is 0. The van der Waals surface area contributed by atoms with Crippen molar-refractivity contribution >= 4 is 11.6 Å². The molecule has 0 aliphatic carbocycles. The summed E-state index contributed by atoms with van der Waals surface area (Å²) in [5, 5.41) is 3.12. The lowest BCUT2D eigenvalue weighted by Gasteiger charge is -2.08. The lowest BCUT2D eigenvalue weighted by atomic mass is 10.2. The number of anilines is 1. The quantitative estimate of drug-likeness (QED) is 0.823. The van der Waals surface area contributed by atoms with Gasteiger partial charge in [-0.2, -0.15) is 0 Å². The van der Waals surface area contributed by atoms with E-state index in [1.807, 2.05) is 12.1 Å². The zero-order valence-electron chi connectivity index (χ0n) is 9.13. The van der Waals surface area contributed by atoms with Gasteiger partial charge in [-0.1, -0.05) is 0 Å². The van der Waals surface area contributed by atoms with Crippen molar-refractivity contribution in [1.82, 2.24) is 9.97 Å². The number of nitrogens with two attached hydrogens (primary N) is 1. The molecule has 0 spiro atoms. The molecule has 86 valence electrons. The summed E-state index contributed by atoms with van der Waals surface area (Å²) in [6.07, 6.45) is 6.56. The minimum absolute atomic E-state index is 0.439. The lowest BCUT2D eigenvalue weighted by molar-refractivity contribution is 0.100. The van der Waals surface area contributed by atoms with Gasteiger partial charge in [-0.15, -0.1) is 0 Å². The molecule has 17 heavy (non-hydrogen) atoms. The van der Waals surface area contributed by atoms with Gasteiger partial charge in [0.15, 0.2) is 0 Å². The van der Waals surface area contributed by atoms with Gasteiger partial charge in [0.05, 0.1) is 17.4 Å². The fraction of sp³-hybridized carbons (Fsp3) is 0.0833. The number of carbonyl (C=O) groups excluding carboxylic acids is 1. The van der Waals surface area contributed by atoms with Gasteiger partial charge in [0, 0.05) is 25.1 Å². The maximum absolute atomic E-state index is 11.2. The zero-order chi connectivity index (χ0) is 12.1. The van der Waals surface area contributed by atoms with E-state index in [-0.39, 0.29) is 0 Å². The number of nitrogens with zero attached hydrogens (tertiary/aromatic N) is 2. The van der Waals surface area contributed by atoms with E-state index < -0.39 is 5.91 Å². The molecule has 0 aromatic carbocycles. The van der Waals surface area contributed by atoms with Crippen molar-refractivity contribution in [3.8, 4) is 0 Å². The molecule has 0 bridgehead atoms. The third-order valence-electron chi connectivity index (χ3n) is 2.32. The Morgan fingerprint density at radius 3 is 2.59 bits per heavy atom. The van der Waals surface area contributed by atoms with Crippen LogP contribution >= 0.6 is 0 Å². The van der Waals surface area contributed by atoms with Crippen LogP contribution in [0.4, 0.5) is 5.69 Å². The molecule has 2 aromatic heterocycles. The minimum Gasteiger partial charge on any atom is -0.379 e. The predicted molar refractivity (Wildman–Crippen MR) is 64.3 cm³/mol. The Bertz CT molecular complexity index is 513. The number of pyridine rings is 2. The van der Waals surface area contributed by atoms with Gasteiger partial charge >= 0.3 is 0 Å². The summed E-state index contributed by atoms with van der Waals surface area (Å²) in [6.45, 7) is 0.592. The van der Waals surface area contributed by atoms with E-state index in [2.05, 4.69) is 15.3 Å². The smallest absolute Gasteiger partial charge is 0.250 e. The number of hydrogen-bond acceptors (Lipinski definition) is 4. The Kier molecular flexibility index (Phi) is 3.30. The first-order valence-corrected chi connectivity index (χ1v) is 5.14. The molecule has 0 atom stereocenters. The molecule has 0 aliphatic rings. The Labute approximate surface area is 98.7 Å². The molecule has 0 unspecified atom stereocenters. The highest BCUT2D eigenvalue weighted by atomic mass is 16.1. The Hall–Kier alpha value is -2.43. The fourth-order valence-electron chi connectivity index (χ4n) is 1.45. The van der Waals surface area contributed by atoms with Gasteiger partial charge in [0.2, 0.25) is 0 Å². The van der Waals surface area contributed by atoms with Gasteiger partial charge in [0.25, 0.3) is 5.91 Å². The molecule has 3 N–H and O–H groups in total. The fourth-order valence-corrected chi connectivity index (χ4v) is 1.45. The highest BCUT2D eigenvalue weighted by Gasteiger charge is 2.06. The molecule has 2 heterocycles. The monoisotopic (exact) mass is 228 g/mol. The summed E-state index contributed by atoms with van der Waals surface area (Å²) < 4.78 is 0. The zero-order valence-corrected chi connectivity index (χ0v) is 9.13. The number of carbonyl (C=O) groups is 1. The van der Waals surface area contributed by atoms with Crippen molar-refractivity contribution in [2.45, 2.75) is 6.54 Å². The van der Waals surface area contributed by atoms with Crippen LogP contribution in [-0.2, 0) is 6.54 Å². The number of nitrogens with one attached hydrogen (secondary N) is 1. The van der Waals surface area contributed by atoms with Crippen LogP contribution in [0.15, 0.2) is 43.0 Å². The van der Waals surface area contributed by atoms with Crippen LogP contribution in [-0.4, -0.2) is 15.9 Å². The van der Waals surface area contributed by atoms with Gasteiger partial charge in [-0.05, 0) is 23.8 Å². The first kappa shape index (κ1) is 11.1. The van der Waals surface area contributed by atoms with Crippen molar-refractivity contribution in [2.24, 2.45) is 5.73 Å². The van der Waals surface area contributed by atoms with Gasteiger partial charge in [-0.3, -0.25) is 14.8 Å². The van der Waals surface area contributed by atoms with Crippen molar-refractivity contribution in [3.63, 3.8) is 0 Å². The van der Waals surface area contributed by atoms with Gasteiger partial charge in [-0.25, -0.2) is 0 Å². The second-order valence-corrected chi connectivity index (χ2v) is 3.49. The van der Waals surface area contributed by atoms with Crippen LogP contribution < -0.4 is 11.1 Å². The molecule has 0 fully saturated rings. The van der Waals surface area contributed by atoms with E-state index in [1.165, 1.54) is 6.20 Å². The minimum atomic E-state index is -0.468. The molecule has 1 amide bonds. The molecule has 0 saturated heterocycles. The third kappa shape index (κ3) is 2.78. The molecule has 0 aliphatic heterocycles. The second kappa shape index (κ2) is 5.07. The topological polar surface area (TPSA) is 80.9 Å². The largest absolute Gasteiger partial charge is 0.379 e. The molecule has 5 nitrogen and oxygen atoms in total. The number of amides is 1. The lowest BCUT2D eigenvalue weighted by Crippen LogP contribution is -2.14. The predicted octanol–water partition coefficient (Wildman–Crippen LogP) is 1.19. The van der Waals surface area contributed by atoms with Crippen LogP contribution in [0.25, 0.3) is 0 Å². The number of aromatic nitrogens is 2. The Morgan fingerprint density at radius 1 is 1.18 bits per heavy atom. The van der Waals surface area contributed by atoms with E-state index in [4.69, 9.17) is 5.73 Å². The summed E-state index contributed by atoms with van der Waals surface area (Å²) in [5.41, 5.74) is 7.41. The van der Waals surface area contributed by atoms with Crippen LogP contribution in [0.2, 0.25) is 0 Å². The van der Waals surface area contributed by atoms with Crippen molar-refractivity contribution < 1.29 is 4.79 Å². The average Bonchev–Trinajstić information content (AvgIpc) is 2.38. The van der Waals surface area contributed by atoms with E-state index in [0.717, 1.165) is 5.56 Å². The molecule has 2 rings (SSSR count). The molecule has 0 saturated carbocycles. The van der Waals surface area contributed by atoms with E-state index >= 15 is 0 Å². The Balaban J connectivity index is 2.12. The van der Waals surface area contributed by atoms with Gasteiger partial charge < -0.3 is 11.1 Å². The maximum atomic E-state index is 11.2. The average molecular weight is 228 g/mol. The molecular formula is C12H12N4O. The standard InChI is InChI=1S/C12H12N4O/c13-12(17)10-3-6-15-8-11(10)16-7-9-1-4-14-5-2-9/h1-6,8,16H,7H2,(H2,13,17). The highest BCUT2D eigenvalue weighted by molar-refractivity contribution is 5.98. The van der Waals surface area contributed by atoms with Crippen LogP contribution in [0.3, 0.4) is 0 Å². The first-order chi connectivity index (χ1) is 8.27. The molecule has 5 heteroatoms. The number of primary amides is 1. The molecular weight excluding hydrogens is 216 g/mol. The van der Waals surface area contributed by atoms with E-state index in [0.29, 0.717) is 17.8 Å². The summed E-state index contributed by atoms with van der Waals surface area (Å²) in [6, 6.07) is 5.39. The molecule has 2 aromatic rings. The number of hydrogen-bond donors (Lipinski definition) is 2. The normalized spacial score (nSPS) is 9.88.